The highest BCUT2D eigenvalue weighted by molar-refractivity contribution is 8.00. The molecule has 0 saturated carbocycles. The van der Waals surface area contributed by atoms with Crippen LogP contribution in [0.2, 0.25) is 0 Å². The van der Waals surface area contributed by atoms with Crippen molar-refractivity contribution in [1.29, 1.82) is 0 Å². The molecule has 1 fully saturated rings. The number of hydrogen-bond donors (Lipinski definition) is 2. The summed E-state index contributed by atoms with van der Waals surface area (Å²) < 4.78 is 0. The van der Waals surface area contributed by atoms with Crippen molar-refractivity contribution in [2.75, 3.05) is 17.2 Å². The van der Waals surface area contributed by atoms with Gasteiger partial charge in [-0.15, -0.1) is 11.8 Å². The molecule has 1 heterocycles. The summed E-state index contributed by atoms with van der Waals surface area (Å²) in [5.74, 6) is -0.756. The second-order valence-electron chi connectivity index (χ2n) is 4.66. The van der Waals surface area contributed by atoms with Gasteiger partial charge in [-0.1, -0.05) is 12.1 Å². The molecule has 3 N–H and O–H groups in total. The van der Waals surface area contributed by atoms with E-state index in [1.807, 2.05) is 0 Å². The molecular weight excluding hydrogens is 292 g/mol. The van der Waals surface area contributed by atoms with E-state index in [9.17, 15) is 14.4 Å². The number of nitrogens with two attached hydrogens (primary N) is 1. The van der Waals surface area contributed by atoms with Gasteiger partial charge in [0.15, 0.2) is 0 Å². The molecule has 2 amide bonds. The van der Waals surface area contributed by atoms with Crippen LogP contribution in [-0.4, -0.2) is 40.4 Å². The van der Waals surface area contributed by atoms with E-state index in [0.29, 0.717) is 23.5 Å². The Morgan fingerprint density at radius 3 is 2.57 bits per heavy atom. The van der Waals surface area contributed by atoms with E-state index in [1.54, 1.807) is 24.3 Å². The van der Waals surface area contributed by atoms with Crippen LogP contribution in [0.25, 0.3) is 0 Å². The second-order valence-corrected chi connectivity index (χ2v) is 5.97. The number of rotatable bonds is 6. The Bertz CT molecular complexity index is 559. The van der Waals surface area contributed by atoms with E-state index >= 15 is 0 Å². The fourth-order valence-electron chi connectivity index (χ4n) is 2.15. The lowest BCUT2D eigenvalue weighted by atomic mass is 10.1. The number of nitrogens with zero attached hydrogens (tertiary/aromatic N) is 1. The molecule has 0 aliphatic carbocycles. The predicted molar refractivity (Wildman–Crippen MR) is 80.2 cm³/mol. The van der Waals surface area contributed by atoms with Crippen LogP contribution in [0.3, 0.4) is 0 Å². The first-order chi connectivity index (χ1) is 10.0. The molecule has 112 valence electrons. The highest BCUT2D eigenvalue weighted by Gasteiger charge is 2.39. The average Bonchev–Trinajstić information content (AvgIpc) is 2.72. The number of carbonyl (C=O) groups is 3. The van der Waals surface area contributed by atoms with Gasteiger partial charge < -0.3 is 10.8 Å². The largest absolute Gasteiger partial charge is 0.481 e. The van der Waals surface area contributed by atoms with Crippen molar-refractivity contribution in [3.63, 3.8) is 0 Å². The quantitative estimate of drug-likeness (QED) is 0.748. The number of thioether (sulfide) groups is 1. The zero-order valence-electron chi connectivity index (χ0n) is 11.3. The standard InChI is InChI=1S/C14H16N2O4S/c15-5-6-21-11-8-12(17)16(14(11)20)10-3-1-9(2-4-10)7-13(18)19/h1-4,11H,5-8,15H2,(H,18,19). The molecule has 1 aromatic carbocycles. The molecule has 0 spiro atoms. The van der Waals surface area contributed by atoms with Crippen LogP contribution in [-0.2, 0) is 20.8 Å². The van der Waals surface area contributed by atoms with Gasteiger partial charge in [0.2, 0.25) is 11.8 Å². The summed E-state index contributed by atoms with van der Waals surface area (Å²) >= 11 is 1.39. The highest BCUT2D eigenvalue weighted by atomic mass is 32.2. The number of amides is 2. The molecule has 1 aliphatic rings. The van der Waals surface area contributed by atoms with Crippen LogP contribution in [0.15, 0.2) is 24.3 Å². The Balaban J connectivity index is 2.12. The van der Waals surface area contributed by atoms with Gasteiger partial charge in [-0.3, -0.25) is 14.4 Å². The lowest BCUT2D eigenvalue weighted by molar-refractivity contribution is -0.136. The van der Waals surface area contributed by atoms with E-state index in [4.69, 9.17) is 10.8 Å². The molecule has 1 aliphatic heterocycles. The smallest absolute Gasteiger partial charge is 0.307 e. The molecule has 21 heavy (non-hydrogen) atoms. The zero-order chi connectivity index (χ0) is 15.4. The van der Waals surface area contributed by atoms with E-state index in [-0.39, 0.29) is 29.9 Å². The van der Waals surface area contributed by atoms with Gasteiger partial charge in [0.05, 0.1) is 17.4 Å². The summed E-state index contributed by atoms with van der Waals surface area (Å²) in [6.07, 6.45) is 0.0948. The maximum atomic E-state index is 12.2. The van der Waals surface area contributed by atoms with Gasteiger partial charge in [0, 0.05) is 18.7 Å². The number of carbonyl (C=O) groups excluding carboxylic acids is 2. The van der Waals surface area contributed by atoms with Crippen LogP contribution in [0.1, 0.15) is 12.0 Å². The van der Waals surface area contributed by atoms with Crippen molar-refractivity contribution < 1.29 is 19.5 Å². The number of anilines is 1. The minimum absolute atomic E-state index is 0.0862. The van der Waals surface area contributed by atoms with Crippen molar-refractivity contribution in [3.8, 4) is 0 Å². The summed E-state index contributed by atoms with van der Waals surface area (Å²) in [4.78, 5) is 36.0. The molecule has 1 unspecified atom stereocenters. The first-order valence-electron chi connectivity index (χ1n) is 6.52. The number of carboxylic acids is 1. The SMILES string of the molecule is NCCSC1CC(=O)N(c2ccc(CC(=O)O)cc2)C1=O. The minimum Gasteiger partial charge on any atom is -0.481 e. The molecule has 0 aromatic heterocycles. The van der Waals surface area contributed by atoms with Crippen LogP contribution in [0.5, 0.6) is 0 Å². The summed E-state index contributed by atoms with van der Waals surface area (Å²) in [5, 5.41) is 8.34. The summed E-state index contributed by atoms with van der Waals surface area (Å²) in [6, 6.07) is 6.43. The molecule has 1 saturated heterocycles. The number of benzene rings is 1. The fourth-order valence-corrected chi connectivity index (χ4v) is 3.08. The lowest BCUT2D eigenvalue weighted by Gasteiger charge is -2.15. The van der Waals surface area contributed by atoms with Crippen LogP contribution >= 0.6 is 11.8 Å². The maximum absolute atomic E-state index is 12.2. The first-order valence-corrected chi connectivity index (χ1v) is 7.57. The Morgan fingerprint density at radius 2 is 2.00 bits per heavy atom. The van der Waals surface area contributed by atoms with Gasteiger partial charge >= 0.3 is 5.97 Å². The first kappa shape index (κ1) is 15.5. The highest BCUT2D eigenvalue weighted by Crippen LogP contribution is 2.29. The number of aliphatic carboxylic acids is 1. The van der Waals surface area contributed by atoms with Gasteiger partial charge in [0.25, 0.3) is 0 Å². The fraction of sp³-hybridized carbons (Fsp3) is 0.357. The zero-order valence-corrected chi connectivity index (χ0v) is 12.1. The van der Waals surface area contributed by atoms with Crippen molar-refractivity contribution in [1.82, 2.24) is 0 Å². The molecule has 2 rings (SSSR count). The Morgan fingerprint density at radius 1 is 1.33 bits per heavy atom. The van der Waals surface area contributed by atoms with Gasteiger partial charge in [-0.25, -0.2) is 4.90 Å². The molecule has 7 heteroatoms. The monoisotopic (exact) mass is 308 g/mol. The van der Waals surface area contributed by atoms with E-state index in [2.05, 4.69) is 0 Å². The summed E-state index contributed by atoms with van der Waals surface area (Å²) in [6.45, 7) is 0.465. The lowest BCUT2D eigenvalue weighted by Crippen LogP contribution is -2.31. The number of hydrogen-bond acceptors (Lipinski definition) is 5. The molecule has 0 bridgehead atoms. The molecule has 0 radical (unpaired) electrons. The van der Waals surface area contributed by atoms with Crippen LogP contribution in [0.4, 0.5) is 5.69 Å². The average molecular weight is 308 g/mol. The number of imide groups is 1. The van der Waals surface area contributed by atoms with Gasteiger partial charge in [-0.05, 0) is 17.7 Å². The Kier molecular flexibility index (Phi) is 4.98. The van der Waals surface area contributed by atoms with Gasteiger partial charge in [0.1, 0.15) is 0 Å². The van der Waals surface area contributed by atoms with E-state index in [1.165, 1.54) is 16.7 Å². The molecule has 6 nitrogen and oxygen atoms in total. The second kappa shape index (κ2) is 6.73. The number of carboxylic acid groups (broad SMARTS) is 1. The van der Waals surface area contributed by atoms with E-state index in [0.717, 1.165) is 0 Å². The molecular formula is C14H16N2O4S. The summed E-state index contributed by atoms with van der Waals surface area (Å²) in [7, 11) is 0. The van der Waals surface area contributed by atoms with Crippen molar-refractivity contribution in [3.05, 3.63) is 29.8 Å². The normalized spacial score (nSPS) is 18.3. The predicted octanol–water partition coefficient (Wildman–Crippen LogP) is 0.637. The van der Waals surface area contributed by atoms with E-state index < -0.39 is 5.97 Å². The van der Waals surface area contributed by atoms with Crippen molar-refractivity contribution in [2.45, 2.75) is 18.1 Å². The summed E-state index contributed by atoms with van der Waals surface area (Å²) in [5.41, 5.74) is 6.52. The third-order valence-electron chi connectivity index (χ3n) is 3.09. The third kappa shape index (κ3) is 3.62. The van der Waals surface area contributed by atoms with Crippen molar-refractivity contribution >= 4 is 35.2 Å². The Hall–Kier alpha value is -1.86. The third-order valence-corrected chi connectivity index (χ3v) is 4.33. The van der Waals surface area contributed by atoms with Crippen molar-refractivity contribution in [2.24, 2.45) is 5.73 Å². The molecule has 1 atom stereocenters. The van der Waals surface area contributed by atoms with Gasteiger partial charge in [-0.2, -0.15) is 0 Å². The minimum atomic E-state index is -0.922. The Labute approximate surface area is 126 Å². The topological polar surface area (TPSA) is 101 Å². The molecule has 1 aromatic rings. The van der Waals surface area contributed by atoms with Crippen LogP contribution in [0, 0.1) is 0 Å². The van der Waals surface area contributed by atoms with Crippen LogP contribution < -0.4 is 10.6 Å². The maximum Gasteiger partial charge on any atom is 0.307 e.